The highest BCUT2D eigenvalue weighted by molar-refractivity contribution is 5.77. The summed E-state index contributed by atoms with van der Waals surface area (Å²) in [5.41, 5.74) is 9.17. The van der Waals surface area contributed by atoms with Crippen molar-refractivity contribution in [2.75, 3.05) is 12.3 Å². The number of nitrogens with two attached hydrogens (primary N) is 1. The molecular weight excluding hydrogens is 406 g/mol. The standard InChI is InChI=1S/C24H25N5O3/c25-24-27-22-20(23(28-24)32-13-17-9-5-2-6-10-17)26-15-29(22)19-11-18(21(19)30)14-31-12-16-7-3-1-4-8-16/h1-10,15,18-19,21,30H,11-14H2,(H2,25,27,28). The van der Waals surface area contributed by atoms with Crippen molar-refractivity contribution in [1.82, 2.24) is 19.5 Å². The molecule has 164 valence electrons. The summed E-state index contributed by atoms with van der Waals surface area (Å²) in [6, 6.07) is 19.7. The highest BCUT2D eigenvalue weighted by atomic mass is 16.5. The molecule has 32 heavy (non-hydrogen) atoms. The number of rotatable bonds is 8. The molecule has 2 heterocycles. The first-order valence-corrected chi connectivity index (χ1v) is 10.7. The molecule has 8 nitrogen and oxygen atoms in total. The average Bonchev–Trinajstić information content (AvgIpc) is 3.23. The van der Waals surface area contributed by atoms with Crippen LogP contribution < -0.4 is 10.5 Å². The van der Waals surface area contributed by atoms with E-state index in [1.165, 1.54) is 0 Å². The number of hydrogen-bond donors (Lipinski definition) is 2. The molecule has 0 radical (unpaired) electrons. The van der Waals surface area contributed by atoms with Crippen LogP contribution in [-0.4, -0.2) is 37.3 Å². The molecule has 1 fully saturated rings. The van der Waals surface area contributed by atoms with Gasteiger partial charge < -0.3 is 24.9 Å². The minimum absolute atomic E-state index is 0.0640. The molecule has 1 aliphatic rings. The molecule has 0 bridgehead atoms. The van der Waals surface area contributed by atoms with Crippen molar-refractivity contribution in [2.24, 2.45) is 5.92 Å². The number of imidazole rings is 1. The second kappa shape index (κ2) is 8.94. The van der Waals surface area contributed by atoms with Gasteiger partial charge in [-0.1, -0.05) is 60.7 Å². The first-order valence-electron chi connectivity index (χ1n) is 10.7. The van der Waals surface area contributed by atoms with Gasteiger partial charge in [-0.25, -0.2) is 4.98 Å². The van der Waals surface area contributed by atoms with Crippen LogP contribution in [0.15, 0.2) is 67.0 Å². The summed E-state index contributed by atoms with van der Waals surface area (Å²) in [4.78, 5) is 13.0. The third kappa shape index (κ3) is 4.15. The predicted molar refractivity (Wildman–Crippen MR) is 120 cm³/mol. The van der Waals surface area contributed by atoms with Crippen LogP contribution in [-0.2, 0) is 18.0 Å². The average molecular weight is 431 g/mol. The normalized spacial score (nSPS) is 20.2. The van der Waals surface area contributed by atoms with E-state index in [0.717, 1.165) is 17.5 Å². The Balaban J connectivity index is 1.25. The molecule has 0 aliphatic heterocycles. The van der Waals surface area contributed by atoms with Crippen molar-refractivity contribution in [2.45, 2.75) is 31.8 Å². The maximum Gasteiger partial charge on any atom is 0.247 e. The predicted octanol–water partition coefficient (Wildman–Crippen LogP) is 3.13. The number of fused-ring (bicyclic) bond motifs is 1. The van der Waals surface area contributed by atoms with Crippen LogP contribution in [0, 0.1) is 5.92 Å². The van der Waals surface area contributed by atoms with Gasteiger partial charge in [-0.2, -0.15) is 9.97 Å². The molecule has 5 rings (SSSR count). The first-order chi connectivity index (χ1) is 15.7. The molecule has 0 saturated heterocycles. The molecule has 3 unspecified atom stereocenters. The van der Waals surface area contributed by atoms with Crippen LogP contribution in [0.1, 0.15) is 23.6 Å². The minimum atomic E-state index is -0.548. The van der Waals surface area contributed by atoms with Crippen LogP contribution >= 0.6 is 0 Å². The van der Waals surface area contributed by atoms with Gasteiger partial charge in [0.25, 0.3) is 0 Å². The maximum atomic E-state index is 10.8. The van der Waals surface area contributed by atoms with E-state index < -0.39 is 6.10 Å². The van der Waals surface area contributed by atoms with E-state index in [9.17, 15) is 5.11 Å². The summed E-state index contributed by atoms with van der Waals surface area (Å²) in [6.45, 7) is 1.39. The van der Waals surface area contributed by atoms with Crippen molar-refractivity contribution < 1.29 is 14.6 Å². The van der Waals surface area contributed by atoms with E-state index in [-0.39, 0.29) is 17.9 Å². The Labute approximate surface area is 185 Å². The number of ether oxygens (including phenoxy) is 2. The summed E-state index contributed by atoms with van der Waals surface area (Å²) in [7, 11) is 0. The first kappa shape index (κ1) is 20.4. The highest BCUT2D eigenvalue weighted by Gasteiger charge is 2.42. The number of nitrogen functional groups attached to an aromatic ring is 1. The zero-order valence-corrected chi connectivity index (χ0v) is 17.5. The van der Waals surface area contributed by atoms with Crippen LogP contribution in [0.3, 0.4) is 0 Å². The van der Waals surface area contributed by atoms with E-state index in [0.29, 0.717) is 36.9 Å². The fourth-order valence-electron chi connectivity index (χ4n) is 4.03. The van der Waals surface area contributed by atoms with Crippen molar-refractivity contribution in [3.63, 3.8) is 0 Å². The van der Waals surface area contributed by atoms with Gasteiger partial charge in [-0.05, 0) is 17.5 Å². The summed E-state index contributed by atoms with van der Waals surface area (Å²) < 4.78 is 13.6. The van der Waals surface area contributed by atoms with Gasteiger partial charge in [-0.15, -0.1) is 0 Å². The number of aromatic nitrogens is 4. The molecular formula is C24H25N5O3. The van der Waals surface area contributed by atoms with Gasteiger partial charge in [0, 0.05) is 5.92 Å². The molecule has 2 aromatic carbocycles. The lowest BCUT2D eigenvalue weighted by Gasteiger charge is -2.41. The summed E-state index contributed by atoms with van der Waals surface area (Å²) >= 11 is 0. The molecule has 0 spiro atoms. The number of aliphatic hydroxyl groups is 1. The Bertz CT molecular complexity index is 1180. The van der Waals surface area contributed by atoms with Gasteiger partial charge in [0.15, 0.2) is 11.2 Å². The molecule has 1 aliphatic carbocycles. The zero-order valence-electron chi connectivity index (χ0n) is 17.5. The van der Waals surface area contributed by atoms with Crippen molar-refractivity contribution >= 4 is 17.1 Å². The summed E-state index contributed by atoms with van der Waals surface area (Å²) in [6.07, 6.45) is 1.89. The number of hydrogen-bond acceptors (Lipinski definition) is 7. The molecule has 4 aromatic rings. The van der Waals surface area contributed by atoms with Gasteiger partial charge >= 0.3 is 0 Å². The van der Waals surface area contributed by atoms with Gasteiger partial charge in [0.2, 0.25) is 11.8 Å². The number of nitrogens with zero attached hydrogens (tertiary/aromatic N) is 4. The third-order valence-electron chi connectivity index (χ3n) is 5.85. The highest BCUT2D eigenvalue weighted by Crippen LogP contribution is 2.40. The Hall–Kier alpha value is -3.49. The van der Waals surface area contributed by atoms with Crippen LogP contribution in [0.2, 0.25) is 0 Å². The van der Waals surface area contributed by atoms with Crippen LogP contribution in [0.5, 0.6) is 5.88 Å². The Morgan fingerprint density at radius 3 is 2.34 bits per heavy atom. The van der Waals surface area contributed by atoms with E-state index in [1.54, 1.807) is 6.33 Å². The molecule has 3 N–H and O–H groups in total. The minimum Gasteiger partial charge on any atom is -0.471 e. The van der Waals surface area contributed by atoms with E-state index in [1.807, 2.05) is 65.2 Å². The molecule has 8 heteroatoms. The third-order valence-corrected chi connectivity index (χ3v) is 5.85. The maximum absolute atomic E-state index is 10.8. The molecule has 1 saturated carbocycles. The fourth-order valence-corrected chi connectivity index (χ4v) is 4.03. The zero-order chi connectivity index (χ0) is 21.9. The molecule has 2 aromatic heterocycles. The lowest BCUT2D eigenvalue weighted by atomic mass is 9.77. The van der Waals surface area contributed by atoms with Gasteiger partial charge in [0.05, 0.1) is 31.7 Å². The van der Waals surface area contributed by atoms with Crippen molar-refractivity contribution in [3.05, 3.63) is 78.1 Å². The number of aliphatic hydroxyl groups excluding tert-OH is 1. The Kier molecular flexibility index (Phi) is 5.70. The Morgan fingerprint density at radius 2 is 1.66 bits per heavy atom. The number of benzene rings is 2. The quantitative estimate of drug-likeness (QED) is 0.441. The Morgan fingerprint density at radius 1 is 0.969 bits per heavy atom. The van der Waals surface area contributed by atoms with Gasteiger partial charge in [0.1, 0.15) is 6.61 Å². The largest absolute Gasteiger partial charge is 0.471 e. The summed E-state index contributed by atoms with van der Waals surface area (Å²) in [5.74, 6) is 0.514. The van der Waals surface area contributed by atoms with E-state index >= 15 is 0 Å². The SMILES string of the molecule is Nc1nc(OCc2ccccc2)c2ncn(C3CC(COCc4ccccc4)C3O)c2n1. The van der Waals surface area contributed by atoms with Crippen molar-refractivity contribution in [1.29, 1.82) is 0 Å². The smallest absolute Gasteiger partial charge is 0.247 e. The number of anilines is 1. The molecule has 3 atom stereocenters. The second-order valence-electron chi connectivity index (χ2n) is 8.04. The topological polar surface area (TPSA) is 108 Å². The molecule has 0 amide bonds. The van der Waals surface area contributed by atoms with Crippen LogP contribution in [0.4, 0.5) is 5.95 Å². The van der Waals surface area contributed by atoms with E-state index in [2.05, 4.69) is 15.0 Å². The van der Waals surface area contributed by atoms with Gasteiger partial charge in [-0.3, -0.25) is 0 Å². The lowest BCUT2D eigenvalue weighted by molar-refractivity contribution is -0.0740. The van der Waals surface area contributed by atoms with Crippen LogP contribution in [0.25, 0.3) is 11.2 Å². The lowest BCUT2D eigenvalue weighted by Crippen LogP contribution is -2.45. The summed E-state index contributed by atoms with van der Waals surface area (Å²) in [5, 5.41) is 10.8. The van der Waals surface area contributed by atoms with Crippen molar-refractivity contribution in [3.8, 4) is 5.88 Å². The fraction of sp³-hybridized carbons (Fsp3) is 0.292. The van der Waals surface area contributed by atoms with E-state index in [4.69, 9.17) is 15.2 Å². The monoisotopic (exact) mass is 431 g/mol. The second-order valence-corrected chi connectivity index (χ2v) is 8.04.